The fraction of sp³-hybridized carbons (Fsp3) is 0.294. The number of halogens is 3. The maximum atomic E-state index is 12.3. The van der Waals surface area contributed by atoms with E-state index in [0.717, 1.165) is 0 Å². The Morgan fingerprint density at radius 1 is 1.00 bits per heavy atom. The lowest BCUT2D eigenvalue weighted by molar-refractivity contribution is -0.134. The highest BCUT2D eigenvalue weighted by Crippen LogP contribution is 2.33. The second kappa shape index (κ2) is 8.48. The van der Waals surface area contributed by atoms with E-state index in [-0.39, 0.29) is 18.4 Å². The summed E-state index contributed by atoms with van der Waals surface area (Å²) in [5.74, 6) is 0.141. The predicted molar refractivity (Wildman–Crippen MR) is 104 cm³/mol. The quantitative estimate of drug-likeness (QED) is 0.683. The van der Waals surface area contributed by atoms with Gasteiger partial charge in [0.1, 0.15) is 5.75 Å². The molecule has 0 radical (unpaired) electrons. The Morgan fingerprint density at radius 3 is 2.31 bits per heavy atom. The largest absolute Gasteiger partial charge is 0.482 e. The van der Waals surface area contributed by atoms with Crippen molar-refractivity contribution in [1.82, 2.24) is 9.80 Å². The summed E-state index contributed by atoms with van der Waals surface area (Å²) in [5, 5.41) is 2.79. The molecule has 0 N–H and O–H groups in total. The molecule has 138 valence electrons. The first-order valence-electron chi connectivity index (χ1n) is 7.83. The monoisotopic (exact) mass is 432 g/mol. The zero-order valence-corrected chi connectivity index (χ0v) is 16.7. The maximum Gasteiger partial charge on any atom is 0.264 e. The van der Waals surface area contributed by atoms with E-state index >= 15 is 0 Å². The summed E-state index contributed by atoms with van der Waals surface area (Å²) in [6, 6.07) is 6.61. The third kappa shape index (κ3) is 4.43. The van der Waals surface area contributed by atoms with Crippen LogP contribution in [0.4, 0.5) is 0 Å². The molecule has 1 aromatic heterocycles. The summed E-state index contributed by atoms with van der Waals surface area (Å²) in [7, 11) is 0. The van der Waals surface area contributed by atoms with Crippen LogP contribution < -0.4 is 4.74 Å². The van der Waals surface area contributed by atoms with Crippen LogP contribution >= 0.6 is 46.1 Å². The number of thiophene rings is 1. The van der Waals surface area contributed by atoms with Crippen molar-refractivity contribution in [2.45, 2.75) is 0 Å². The number of ether oxygens (including phenoxy) is 1. The Labute approximate surface area is 170 Å². The topological polar surface area (TPSA) is 49.9 Å². The van der Waals surface area contributed by atoms with Crippen molar-refractivity contribution in [3.8, 4) is 5.75 Å². The minimum atomic E-state index is -0.171. The van der Waals surface area contributed by atoms with Crippen molar-refractivity contribution in [3.63, 3.8) is 0 Å². The maximum absolute atomic E-state index is 12.3. The van der Waals surface area contributed by atoms with E-state index < -0.39 is 0 Å². The van der Waals surface area contributed by atoms with Crippen molar-refractivity contribution in [2.24, 2.45) is 0 Å². The Bertz CT molecular complexity index is 806. The molecule has 1 fully saturated rings. The molecule has 9 heteroatoms. The standard InChI is InChI=1S/C17H15Cl3N2O3S/c18-11-8-13(20)14(9-12(11)19)25-10-16(23)21-3-5-22(6-4-21)17(24)15-2-1-7-26-15/h1-2,7-9H,3-6,10H2. The van der Waals surface area contributed by atoms with E-state index in [4.69, 9.17) is 39.5 Å². The van der Waals surface area contributed by atoms with Crippen LogP contribution in [0.25, 0.3) is 0 Å². The molecule has 2 amide bonds. The van der Waals surface area contributed by atoms with Gasteiger partial charge in [-0.1, -0.05) is 40.9 Å². The lowest BCUT2D eigenvalue weighted by Crippen LogP contribution is -2.51. The number of hydrogen-bond donors (Lipinski definition) is 0. The molecule has 1 aliphatic rings. The van der Waals surface area contributed by atoms with Gasteiger partial charge in [-0.15, -0.1) is 11.3 Å². The minimum Gasteiger partial charge on any atom is -0.482 e. The van der Waals surface area contributed by atoms with Gasteiger partial charge in [0.2, 0.25) is 0 Å². The van der Waals surface area contributed by atoms with E-state index in [2.05, 4.69) is 0 Å². The zero-order chi connectivity index (χ0) is 18.7. The molecule has 5 nitrogen and oxygen atoms in total. The van der Waals surface area contributed by atoms with Crippen LogP contribution in [0, 0.1) is 0 Å². The number of hydrogen-bond acceptors (Lipinski definition) is 4. The van der Waals surface area contributed by atoms with Crippen LogP contribution in [0.5, 0.6) is 5.75 Å². The Hall–Kier alpha value is -1.47. The number of benzene rings is 1. The van der Waals surface area contributed by atoms with Crippen LogP contribution in [0.1, 0.15) is 9.67 Å². The van der Waals surface area contributed by atoms with E-state index in [0.29, 0.717) is 51.9 Å². The Morgan fingerprint density at radius 2 is 1.65 bits per heavy atom. The fourth-order valence-electron chi connectivity index (χ4n) is 2.56. The van der Waals surface area contributed by atoms with Crippen LogP contribution in [0.15, 0.2) is 29.6 Å². The second-order valence-corrected chi connectivity index (χ2v) is 7.80. The first-order chi connectivity index (χ1) is 12.5. The average Bonchev–Trinajstić information content (AvgIpc) is 3.17. The molecule has 0 spiro atoms. The summed E-state index contributed by atoms with van der Waals surface area (Å²) in [6.45, 7) is 1.77. The highest BCUT2D eigenvalue weighted by atomic mass is 35.5. The lowest BCUT2D eigenvalue weighted by Gasteiger charge is -2.34. The summed E-state index contributed by atoms with van der Waals surface area (Å²) in [6.07, 6.45) is 0. The number of nitrogens with zero attached hydrogens (tertiary/aromatic N) is 2. The predicted octanol–water partition coefficient (Wildman–Crippen LogP) is 4.07. The highest BCUT2D eigenvalue weighted by molar-refractivity contribution is 7.12. The number of amides is 2. The average molecular weight is 434 g/mol. The number of piperazine rings is 1. The van der Waals surface area contributed by atoms with Crippen molar-refractivity contribution in [3.05, 3.63) is 49.6 Å². The summed E-state index contributed by atoms with van der Waals surface area (Å²) in [5.41, 5.74) is 0. The SMILES string of the molecule is O=C(COc1cc(Cl)c(Cl)cc1Cl)N1CCN(C(=O)c2cccs2)CC1. The molecule has 0 bridgehead atoms. The van der Waals surface area contributed by atoms with Gasteiger partial charge in [-0.25, -0.2) is 0 Å². The van der Waals surface area contributed by atoms with Crippen molar-refractivity contribution < 1.29 is 14.3 Å². The molecule has 2 aromatic rings. The third-order valence-electron chi connectivity index (χ3n) is 3.98. The molecule has 1 aliphatic heterocycles. The van der Waals surface area contributed by atoms with E-state index in [1.807, 2.05) is 11.4 Å². The number of carbonyl (C=O) groups is 2. The lowest BCUT2D eigenvalue weighted by atomic mass is 10.3. The van der Waals surface area contributed by atoms with Crippen LogP contribution in [-0.2, 0) is 4.79 Å². The Balaban J connectivity index is 1.51. The van der Waals surface area contributed by atoms with Crippen LogP contribution in [0.3, 0.4) is 0 Å². The summed E-state index contributed by atoms with van der Waals surface area (Å²) in [4.78, 5) is 28.8. The van der Waals surface area contributed by atoms with Crippen LogP contribution in [0.2, 0.25) is 15.1 Å². The smallest absolute Gasteiger partial charge is 0.264 e. The molecular weight excluding hydrogens is 419 g/mol. The van der Waals surface area contributed by atoms with Gasteiger partial charge in [0.15, 0.2) is 6.61 Å². The zero-order valence-electron chi connectivity index (χ0n) is 13.6. The molecule has 3 rings (SSSR count). The van der Waals surface area contributed by atoms with Crippen molar-refractivity contribution in [1.29, 1.82) is 0 Å². The third-order valence-corrected chi connectivity index (χ3v) is 5.85. The van der Waals surface area contributed by atoms with Gasteiger partial charge in [-0.2, -0.15) is 0 Å². The van der Waals surface area contributed by atoms with Gasteiger partial charge in [0.05, 0.1) is 19.9 Å². The normalized spacial score (nSPS) is 14.4. The van der Waals surface area contributed by atoms with Gasteiger partial charge in [-0.05, 0) is 17.5 Å². The van der Waals surface area contributed by atoms with Crippen molar-refractivity contribution in [2.75, 3.05) is 32.8 Å². The van der Waals surface area contributed by atoms with Gasteiger partial charge < -0.3 is 14.5 Å². The van der Waals surface area contributed by atoms with Crippen LogP contribution in [-0.4, -0.2) is 54.4 Å². The summed E-state index contributed by atoms with van der Waals surface area (Å²) < 4.78 is 5.48. The van der Waals surface area contributed by atoms with Gasteiger partial charge >= 0.3 is 0 Å². The molecule has 26 heavy (non-hydrogen) atoms. The second-order valence-electron chi connectivity index (χ2n) is 5.64. The Kier molecular flexibility index (Phi) is 6.29. The first kappa shape index (κ1) is 19.3. The minimum absolute atomic E-state index is 0.00550. The molecule has 0 atom stereocenters. The first-order valence-corrected chi connectivity index (χ1v) is 9.85. The van der Waals surface area contributed by atoms with Gasteiger partial charge in [0, 0.05) is 32.2 Å². The molecular formula is C17H15Cl3N2O3S. The molecule has 1 aromatic carbocycles. The number of rotatable bonds is 4. The fourth-order valence-corrected chi connectivity index (χ4v) is 3.84. The molecule has 2 heterocycles. The van der Waals surface area contributed by atoms with E-state index in [9.17, 15) is 9.59 Å². The molecule has 0 unspecified atom stereocenters. The molecule has 0 aliphatic carbocycles. The van der Waals surface area contributed by atoms with E-state index in [1.165, 1.54) is 23.5 Å². The molecule has 0 saturated carbocycles. The van der Waals surface area contributed by atoms with E-state index in [1.54, 1.807) is 15.9 Å². The number of carbonyl (C=O) groups excluding carboxylic acids is 2. The molecule has 1 saturated heterocycles. The van der Waals surface area contributed by atoms with Gasteiger partial charge in [0.25, 0.3) is 11.8 Å². The summed E-state index contributed by atoms with van der Waals surface area (Å²) >= 11 is 19.3. The van der Waals surface area contributed by atoms with Crippen molar-refractivity contribution >= 4 is 58.0 Å². The highest BCUT2D eigenvalue weighted by Gasteiger charge is 2.25. The van der Waals surface area contributed by atoms with Gasteiger partial charge in [-0.3, -0.25) is 9.59 Å².